The molecule has 50 valence electrons. The van der Waals surface area contributed by atoms with Gasteiger partial charge < -0.3 is 5.11 Å². The fourth-order valence-corrected chi connectivity index (χ4v) is 0.274. The van der Waals surface area contributed by atoms with Gasteiger partial charge in [-0.3, -0.25) is 0 Å². The Labute approximate surface area is 59.2 Å². The van der Waals surface area contributed by atoms with Crippen molar-refractivity contribution in [3.05, 3.63) is 0 Å². The number of hydrogen-bond donors (Lipinski definition) is 1. The zero-order valence-corrected chi connectivity index (χ0v) is 7.20. The first-order valence-corrected chi connectivity index (χ1v) is 3.65. The Morgan fingerprint density at radius 2 is 1.88 bits per heavy atom. The Bertz CT molecular complexity index is 65.4. The van der Waals surface area contributed by atoms with E-state index in [0.717, 1.165) is 0 Å². The summed E-state index contributed by atoms with van der Waals surface area (Å²) in [5.41, 5.74) is 0.175. The molecule has 0 aromatic rings. The van der Waals surface area contributed by atoms with Crippen LogP contribution in [-0.2, 0) is 0 Å². The van der Waals surface area contributed by atoms with Gasteiger partial charge in [0.2, 0.25) is 0 Å². The molecule has 1 nitrogen and oxygen atoms in total. The SMILES string of the molecule is CC(C)(C)[C@H](Br)CO. The second-order valence-corrected chi connectivity index (χ2v) is 4.12. The third-order valence-electron chi connectivity index (χ3n) is 1.10. The van der Waals surface area contributed by atoms with Gasteiger partial charge in [0.25, 0.3) is 0 Å². The maximum atomic E-state index is 8.62. The van der Waals surface area contributed by atoms with Crippen LogP contribution in [0.4, 0.5) is 0 Å². The normalized spacial score (nSPS) is 16.1. The van der Waals surface area contributed by atoms with Gasteiger partial charge in [0, 0.05) is 4.83 Å². The van der Waals surface area contributed by atoms with E-state index in [1.165, 1.54) is 0 Å². The van der Waals surface area contributed by atoms with E-state index in [0.29, 0.717) is 0 Å². The molecule has 2 heteroatoms. The molecule has 0 amide bonds. The Balaban J connectivity index is 3.62. The molecule has 0 rings (SSSR count). The first-order valence-electron chi connectivity index (χ1n) is 2.73. The monoisotopic (exact) mass is 180 g/mol. The minimum absolute atomic E-state index is 0.175. The van der Waals surface area contributed by atoms with Crippen LogP contribution in [0.3, 0.4) is 0 Å². The standard InChI is InChI=1S/C6H13BrO/c1-6(2,3)5(7)4-8/h5,8H,4H2,1-3H3/t5-/m1/s1. The summed E-state index contributed by atoms with van der Waals surface area (Å²) in [7, 11) is 0. The Hall–Kier alpha value is 0.440. The molecular formula is C6H13BrO. The second kappa shape index (κ2) is 2.83. The lowest BCUT2D eigenvalue weighted by molar-refractivity contribution is 0.238. The van der Waals surface area contributed by atoms with Gasteiger partial charge in [0.1, 0.15) is 0 Å². The first-order chi connectivity index (χ1) is 3.48. The van der Waals surface area contributed by atoms with E-state index in [9.17, 15) is 0 Å². The number of halogens is 1. The molecule has 0 saturated carbocycles. The van der Waals surface area contributed by atoms with E-state index in [-0.39, 0.29) is 16.8 Å². The van der Waals surface area contributed by atoms with Crippen molar-refractivity contribution >= 4 is 15.9 Å². The number of hydrogen-bond acceptors (Lipinski definition) is 1. The molecule has 0 radical (unpaired) electrons. The quantitative estimate of drug-likeness (QED) is 0.611. The number of aliphatic hydroxyl groups excluding tert-OH is 1. The molecule has 0 bridgehead atoms. The summed E-state index contributed by atoms with van der Waals surface area (Å²) in [6.07, 6.45) is 0. The van der Waals surface area contributed by atoms with Crippen LogP contribution in [0.25, 0.3) is 0 Å². The lowest BCUT2D eigenvalue weighted by atomic mass is 9.93. The number of rotatable bonds is 1. The third-order valence-corrected chi connectivity index (χ3v) is 2.76. The molecule has 0 unspecified atom stereocenters. The summed E-state index contributed by atoms with van der Waals surface area (Å²) in [6.45, 7) is 6.47. The van der Waals surface area contributed by atoms with Crippen molar-refractivity contribution in [3.8, 4) is 0 Å². The van der Waals surface area contributed by atoms with Gasteiger partial charge in [0.05, 0.1) is 6.61 Å². The summed E-state index contributed by atoms with van der Waals surface area (Å²) in [6, 6.07) is 0. The molecular weight excluding hydrogens is 168 g/mol. The maximum absolute atomic E-state index is 8.62. The van der Waals surface area contributed by atoms with E-state index in [4.69, 9.17) is 5.11 Å². The molecule has 0 aromatic heterocycles. The Kier molecular flexibility index (Phi) is 2.99. The fraction of sp³-hybridized carbons (Fsp3) is 1.00. The second-order valence-electron chi connectivity index (χ2n) is 3.02. The molecule has 0 aliphatic carbocycles. The van der Waals surface area contributed by atoms with Gasteiger partial charge in [-0.25, -0.2) is 0 Å². The highest BCUT2D eigenvalue weighted by Crippen LogP contribution is 2.24. The van der Waals surface area contributed by atoms with Crippen molar-refractivity contribution in [2.75, 3.05) is 6.61 Å². The summed E-state index contributed by atoms with van der Waals surface area (Å²) in [5.74, 6) is 0. The summed E-state index contributed by atoms with van der Waals surface area (Å²) in [5, 5.41) is 8.62. The lowest BCUT2D eigenvalue weighted by Crippen LogP contribution is -2.23. The highest BCUT2D eigenvalue weighted by molar-refractivity contribution is 9.09. The van der Waals surface area contributed by atoms with Crippen LogP contribution < -0.4 is 0 Å². The van der Waals surface area contributed by atoms with Crippen molar-refractivity contribution in [2.45, 2.75) is 25.6 Å². The fourth-order valence-electron chi connectivity index (χ4n) is 0.274. The molecule has 0 aliphatic rings. The molecule has 0 aromatic carbocycles. The van der Waals surface area contributed by atoms with Crippen LogP contribution in [-0.4, -0.2) is 16.5 Å². The summed E-state index contributed by atoms with van der Waals surface area (Å²) in [4.78, 5) is 0.218. The highest BCUT2D eigenvalue weighted by Gasteiger charge is 2.19. The van der Waals surface area contributed by atoms with Crippen molar-refractivity contribution in [2.24, 2.45) is 5.41 Å². The Morgan fingerprint density at radius 1 is 1.50 bits per heavy atom. The number of aliphatic hydroxyl groups is 1. The Morgan fingerprint density at radius 3 is 1.88 bits per heavy atom. The van der Waals surface area contributed by atoms with Crippen molar-refractivity contribution in [3.63, 3.8) is 0 Å². The molecule has 1 N–H and O–H groups in total. The molecule has 8 heavy (non-hydrogen) atoms. The molecule has 0 spiro atoms. The lowest BCUT2D eigenvalue weighted by Gasteiger charge is -2.22. The van der Waals surface area contributed by atoms with Crippen molar-refractivity contribution in [1.29, 1.82) is 0 Å². The first kappa shape index (κ1) is 8.44. The average molecular weight is 181 g/mol. The van der Waals surface area contributed by atoms with Crippen molar-refractivity contribution in [1.82, 2.24) is 0 Å². The highest BCUT2D eigenvalue weighted by atomic mass is 79.9. The van der Waals surface area contributed by atoms with Crippen LogP contribution >= 0.6 is 15.9 Å². The van der Waals surface area contributed by atoms with E-state index >= 15 is 0 Å². The topological polar surface area (TPSA) is 20.2 Å². The molecule has 0 fully saturated rings. The minimum atomic E-state index is 0.175. The van der Waals surface area contributed by atoms with Gasteiger partial charge >= 0.3 is 0 Å². The molecule has 0 heterocycles. The van der Waals surface area contributed by atoms with Crippen LogP contribution in [0.5, 0.6) is 0 Å². The van der Waals surface area contributed by atoms with Gasteiger partial charge in [-0.15, -0.1) is 0 Å². The van der Waals surface area contributed by atoms with Crippen molar-refractivity contribution < 1.29 is 5.11 Å². The van der Waals surface area contributed by atoms with E-state index < -0.39 is 0 Å². The predicted molar refractivity (Wildman–Crippen MR) is 39.3 cm³/mol. The zero-order valence-electron chi connectivity index (χ0n) is 5.61. The van der Waals surface area contributed by atoms with Gasteiger partial charge in [-0.1, -0.05) is 36.7 Å². The van der Waals surface area contributed by atoms with E-state index in [2.05, 4.69) is 36.7 Å². The van der Waals surface area contributed by atoms with Gasteiger partial charge in [-0.2, -0.15) is 0 Å². The van der Waals surface area contributed by atoms with Crippen LogP contribution in [0.1, 0.15) is 20.8 Å². The summed E-state index contributed by atoms with van der Waals surface area (Å²) < 4.78 is 0. The number of alkyl halides is 1. The van der Waals surface area contributed by atoms with Crippen LogP contribution in [0.2, 0.25) is 0 Å². The van der Waals surface area contributed by atoms with Gasteiger partial charge in [-0.05, 0) is 5.41 Å². The van der Waals surface area contributed by atoms with E-state index in [1.807, 2.05) is 0 Å². The summed E-state index contributed by atoms with van der Waals surface area (Å²) >= 11 is 3.35. The zero-order chi connectivity index (χ0) is 6.78. The van der Waals surface area contributed by atoms with E-state index in [1.54, 1.807) is 0 Å². The van der Waals surface area contributed by atoms with Crippen LogP contribution in [0.15, 0.2) is 0 Å². The largest absolute Gasteiger partial charge is 0.395 e. The average Bonchev–Trinajstić information content (AvgIpc) is 1.62. The minimum Gasteiger partial charge on any atom is -0.395 e. The van der Waals surface area contributed by atoms with Crippen LogP contribution in [0, 0.1) is 5.41 Å². The maximum Gasteiger partial charge on any atom is 0.0561 e. The third kappa shape index (κ3) is 2.68. The molecule has 0 saturated heterocycles. The molecule has 1 atom stereocenters. The smallest absolute Gasteiger partial charge is 0.0561 e. The molecule has 0 aliphatic heterocycles. The van der Waals surface area contributed by atoms with Gasteiger partial charge in [0.15, 0.2) is 0 Å². The predicted octanol–water partition coefficient (Wildman–Crippen LogP) is 1.79.